The average molecular weight is 243 g/mol. The number of H-pyrrole nitrogens is 1. The molecule has 94 valence electrons. The maximum Gasteiger partial charge on any atom is 0.328 e. The highest BCUT2D eigenvalue weighted by Gasteiger charge is 2.33. The Bertz CT molecular complexity index is 524. The molecule has 1 heterocycles. The highest BCUT2D eigenvalue weighted by Crippen LogP contribution is 2.32. The summed E-state index contributed by atoms with van der Waals surface area (Å²) < 4.78 is 14.2. The molecule has 2 rings (SSSR count). The number of hydrogen-bond acceptors (Lipinski definition) is 4. The first-order valence-corrected chi connectivity index (χ1v) is 5.40. The van der Waals surface area contributed by atoms with E-state index in [1.165, 1.54) is 0 Å². The van der Waals surface area contributed by atoms with E-state index in [0.29, 0.717) is 12.8 Å². The van der Waals surface area contributed by atoms with Gasteiger partial charge in [-0.05, 0) is 18.8 Å². The standard InChI is InChI=1S/C10H14FN3O3/c11-7-3-14(10(17)13-9(7)16)6-1-5(4-15)8(12)2-6/h3,5-6,8,15H,1-2,4,12H2,(H,13,16,17)/t5-,6-,8+/m1/s1. The third kappa shape index (κ3) is 2.16. The number of aromatic nitrogens is 2. The molecule has 1 aliphatic carbocycles. The minimum Gasteiger partial charge on any atom is -0.396 e. The Morgan fingerprint density at radius 1 is 1.53 bits per heavy atom. The summed E-state index contributed by atoms with van der Waals surface area (Å²) in [6.07, 6.45) is 1.89. The lowest BCUT2D eigenvalue weighted by atomic mass is 10.1. The van der Waals surface area contributed by atoms with Crippen molar-refractivity contribution in [1.82, 2.24) is 9.55 Å². The van der Waals surface area contributed by atoms with Crippen LogP contribution in [0.1, 0.15) is 18.9 Å². The van der Waals surface area contributed by atoms with Crippen LogP contribution in [-0.4, -0.2) is 27.3 Å². The van der Waals surface area contributed by atoms with Crippen LogP contribution in [0.4, 0.5) is 4.39 Å². The molecule has 3 atom stereocenters. The van der Waals surface area contributed by atoms with Crippen molar-refractivity contribution in [1.29, 1.82) is 0 Å². The van der Waals surface area contributed by atoms with Gasteiger partial charge >= 0.3 is 5.69 Å². The molecule has 4 N–H and O–H groups in total. The van der Waals surface area contributed by atoms with Crippen molar-refractivity contribution in [3.63, 3.8) is 0 Å². The Balaban J connectivity index is 2.34. The van der Waals surface area contributed by atoms with Crippen LogP contribution in [0.5, 0.6) is 0 Å². The van der Waals surface area contributed by atoms with Gasteiger partial charge in [0.2, 0.25) is 5.82 Å². The van der Waals surface area contributed by atoms with Crippen LogP contribution in [-0.2, 0) is 0 Å². The fourth-order valence-electron chi connectivity index (χ4n) is 2.30. The monoisotopic (exact) mass is 243 g/mol. The van der Waals surface area contributed by atoms with E-state index in [-0.39, 0.29) is 24.6 Å². The highest BCUT2D eigenvalue weighted by atomic mass is 19.1. The molecule has 6 nitrogen and oxygen atoms in total. The molecule has 1 aliphatic rings. The molecule has 17 heavy (non-hydrogen) atoms. The number of nitrogens with one attached hydrogen (secondary N) is 1. The van der Waals surface area contributed by atoms with Gasteiger partial charge in [-0.3, -0.25) is 14.3 Å². The van der Waals surface area contributed by atoms with Gasteiger partial charge in [0, 0.05) is 18.7 Å². The van der Waals surface area contributed by atoms with Crippen LogP contribution in [0.2, 0.25) is 0 Å². The molecule has 0 saturated heterocycles. The maximum absolute atomic E-state index is 13.1. The van der Waals surface area contributed by atoms with Crippen LogP contribution in [0.25, 0.3) is 0 Å². The maximum atomic E-state index is 13.1. The first kappa shape index (κ1) is 12.0. The second-order valence-corrected chi connectivity index (χ2v) is 4.38. The van der Waals surface area contributed by atoms with Crippen LogP contribution in [0, 0.1) is 11.7 Å². The molecule has 0 radical (unpaired) electrons. The van der Waals surface area contributed by atoms with Gasteiger partial charge in [-0.2, -0.15) is 4.39 Å². The summed E-state index contributed by atoms with van der Waals surface area (Å²) in [7, 11) is 0. The fourth-order valence-corrected chi connectivity index (χ4v) is 2.30. The molecule has 0 amide bonds. The van der Waals surface area contributed by atoms with E-state index in [1.807, 2.05) is 4.98 Å². The third-order valence-electron chi connectivity index (χ3n) is 3.28. The van der Waals surface area contributed by atoms with E-state index in [0.717, 1.165) is 10.8 Å². The first-order valence-electron chi connectivity index (χ1n) is 5.40. The van der Waals surface area contributed by atoms with Crippen LogP contribution in [0.15, 0.2) is 15.8 Å². The first-order chi connectivity index (χ1) is 8.02. The zero-order chi connectivity index (χ0) is 12.6. The van der Waals surface area contributed by atoms with Crippen molar-refractivity contribution in [3.05, 3.63) is 32.9 Å². The Morgan fingerprint density at radius 2 is 2.24 bits per heavy atom. The van der Waals surface area contributed by atoms with E-state index in [2.05, 4.69) is 0 Å². The SMILES string of the molecule is N[C@H]1C[C@H](n2cc(F)c(=O)[nH]c2=O)C[C@@H]1CO. The van der Waals surface area contributed by atoms with Gasteiger partial charge in [0.25, 0.3) is 5.56 Å². The fraction of sp³-hybridized carbons (Fsp3) is 0.600. The molecular weight excluding hydrogens is 229 g/mol. The molecule has 1 aromatic rings. The molecule has 0 aliphatic heterocycles. The van der Waals surface area contributed by atoms with Crippen molar-refractivity contribution < 1.29 is 9.50 Å². The Morgan fingerprint density at radius 3 is 2.82 bits per heavy atom. The summed E-state index contributed by atoms with van der Waals surface area (Å²) in [6, 6.07) is -0.493. The normalized spacial score (nSPS) is 28.5. The van der Waals surface area contributed by atoms with E-state index in [4.69, 9.17) is 10.8 Å². The zero-order valence-electron chi connectivity index (χ0n) is 9.10. The summed E-state index contributed by atoms with van der Waals surface area (Å²) in [4.78, 5) is 24.3. The van der Waals surface area contributed by atoms with Crippen molar-refractivity contribution >= 4 is 0 Å². The van der Waals surface area contributed by atoms with E-state index >= 15 is 0 Å². The Hall–Kier alpha value is -1.47. The van der Waals surface area contributed by atoms with Crippen molar-refractivity contribution in [2.75, 3.05) is 6.61 Å². The minimum atomic E-state index is -1.02. The molecule has 1 aromatic heterocycles. The molecule has 1 saturated carbocycles. The van der Waals surface area contributed by atoms with Gasteiger partial charge < -0.3 is 10.8 Å². The Labute approximate surface area is 95.9 Å². The summed E-state index contributed by atoms with van der Waals surface area (Å²) in [6.45, 7) is -0.0573. The van der Waals surface area contributed by atoms with E-state index < -0.39 is 17.1 Å². The number of aromatic amines is 1. The van der Waals surface area contributed by atoms with E-state index in [1.54, 1.807) is 0 Å². The van der Waals surface area contributed by atoms with Gasteiger partial charge in [-0.25, -0.2) is 4.79 Å². The number of rotatable bonds is 2. The molecule has 7 heteroatoms. The molecule has 0 spiro atoms. The lowest BCUT2D eigenvalue weighted by Crippen LogP contribution is -2.33. The van der Waals surface area contributed by atoms with Crippen molar-refractivity contribution in [2.45, 2.75) is 24.9 Å². The third-order valence-corrected chi connectivity index (χ3v) is 3.28. The molecule has 0 bridgehead atoms. The van der Waals surface area contributed by atoms with Gasteiger partial charge in [0.05, 0.1) is 6.20 Å². The number of nitrogens with zero attached hydrogens (tertiary/aromatic N) is 1. The predicted molar refractivity (Wildman–Crippen MR) is 58.1 cm³/mol. The summed E-state index contributed by atoms with van der Waals surface area (Å²) >= 11 is 0. The smallest absolute Gasteiger partial charge is 0.328 e. The molecule has 0 aromatic carbocycles. The topological polar surface area (TPSA) is 101 Å². The summed E-state index contributed by atoms with van der Waals surface area (Å²) in [5.74, 6) is -1.09. The number of hydrogen-bond donors (Lipinski definition) is 3. The van der Waals surface area contributed by atoms with E-state index in [9.17, 15) is 14.0 Å². The number of aliphatic hydroxyl groups excluding tert-OH is 1. The average Bonchev–Trinajstić information content (AvgIpc) is 2.65. The number of nitrogens with two attached hydrogens (primary N) is 1. The second-order valence-electron chi connectivity index (χ2n) is 4.38. The Kier molecular flexibility index (Phi) is 3.12. The van der Waals surface area contributed by atoms with Crippen molar-refractivity contribution in [3.8, 4) is 0 Å². The molecule has 0 unspecified atom stereocenters. The zero-order valence-corrected chi connectivity index (χ0v) is 9.10. The molecular formula is C10H14FN3O3. The summed E-state index contributed by atoms with van der Waals surface area (Å²) in [5.41, 5.74) is 4.13. The largest absolute Gasteiger partial charge is 0.396 e. The minimum absolute atomic E-state index is 0.0573. The number of halogens is 1. The lowest BCUT2D eigenvalue weighted by molar-refractivity contribution is 0.215. The molecule has 1 fully saturated rings. The predicted octanol–water partition coefficient (Wildman–Crippen LogP) is -1.05. The van der Waals surface area contributed by atoms with Crippen LogP contribution < -0.4 is 17.0 Å². The lowest BCUT2D eigenvalue weighted by Gasteiger charge is -2.12. The van der Waals surface area contributed by atoms with Gasteiger partial charge in [-0.15, -0.1) is 0 Å². The van der Waals surface area contributed by atoms with Crippen molar-refractivity contribution in [2.24, 2.45) is 11.7 Å². The van der Waals surface area contributed by atoms with Gasteiger partial charge in [0.15, 0.2) is 0 Å². The second kappa shape index (κ2) is 4.42. The highest BCUT2D eigenvalue weighted by molar-refractivity contribution is 4.95. The number of aliphatic hydroxyl groups is 1. The van der Waals surface area contributed by atoms with Gasteiger partial charge in [0.1, 0.15) is 0 Å². The van der Waals surface area contributed by atoms with Crippen LogP contribution >= 0.6 is 0 Å². The van der Waals surface area contributed by atoms with Gasteiger partial charge in [-0.1, -0.05) is 0 Å². The quantitative estimate of drug-likeness (QED) is 0.616. The van der Waals surface area contributed by atoms with Crippen LogP contribution in [0.3, 0.4) is 0 Å². The summed E-state index contributed by atoms with van der Waals surface area (Å²) in [5, 5.41) is 9.07.